The van der Waals surface area contributed by atoms with Gasteiger partial charge in [-0.25, -0.2) is 4.39 Å². The minimum Gasteiger partial charge on any atom is -0.481 e. The number of rotatable bonds is 5. The lowest BCUT2D eigenvalue weighted by Crippen LogP contribution is -1.97. The Morgan fingerprint density at radius 3 is 2.45 bits per heavy atom. The van der Waals surface area contributed by atoms with Gasteiger partial charge in [-0.1, -0.05) is 35.9 Å². The van der Waals surface area contributed by atoms with Crippen molar-refractivity contribution in [1.29, 1.82) is 0 Å². The number of carboxylic acid groups (broad SMARTS) is 1. The standard InChI is InChI=1S/C15H9BrClFS.C8H7BrO2S/c16-14-3-1-2-10-7-13(19-15(10)14)6-9-4-11(17)8-12(18)5-9;9-6-3-1-2-4-7(6)12-5-8(10)11/h1-5,7-8H,6H2;1-4H,5H2,(H,10,11). The molecule has 0 saturated carbocycles. The van der Waals surface area contributed by atoms with Gasteiger partial charge in [-0.05, 0) is 85.3 Å². The van der Waals surface area contributed by atoms with E-state index >= 15 is 0 Å². The van der Waals surface area contributed by atoms with Gasteiger partial charge in [0, 0.05) is 34.9 Å². The maximum Gasteiger partial charge on any atom is 0.313 e. The second kappa shape index (κ2) is 11.5. The van der Waals surface area contributed by atoms with Crippen LogP contribution in [0.15, 0.2) is 80.6 Å². The van der Waals surface area contributed by atoms with Crippen molar-refractivity contribution in [3.05, 3.63) is 97.0 Å². The zero-order valence-electron chi connectivity index (χ0n) is 15.9. The summed E-state index contributed by atoms with van der Waals surface area (Å²) in [5, 5.41) is 10.1. The van der Waals surface area contributed by atoms with Gasteiger partial charge in [0.05, 0.1) is 5.75 Å². The number of thiophene rings is 1. The number of hydrogen-bond donors (Lipinski definition) is 1. The topological polar surface area (TPSA) is 37.3 Å². The van der Waals surface area contributed by atoms with Crippen LogP contribution >= 0.6 is 66.6 Å². The van der Waals surface area contributed by atoms with Gasteiger partial charge in [0.15, 0.2) is 0 Å². The van der Waals surface area contributed by atoms with Crippen LogP contribution in [0.25, 0.3) is 10.1 Å². The van der Waals surface area contributed by atoms with Crippen molar-refractivity contribution in [3.63, 3.8) is 0 Å². The van der Waals surface area contributed by atoms with E-state index in [1.165, 1.54) is 38.9 Å². The van der Waals surface area contributed by atoms with Crippen molar-refractivity contribution < 1.29 is 14.3 Å². The predicted octanol–water partition coefficient (Wildman–Crippen LogP) is 8.67. The Labute approximate surface area is 209 Å². The molecule has 0 spiro atoms. The highest BCUT2D eigenvalue weighted by molar-refractivity contribution is 9.11. The Morgan fingerprint density at radius 2 is 1.77 bits per heavy atom. The zero-order valence-corrected chi connectivity index (χ0v) is 21.5. The van der Waals surface area contributed by atoms with Crippen LogP contribution < -0.4 is 0 Å². The molecule has 0 bridgehead atoms. The number of aliphatic carboxylic acids is 1. The van der Waals surface area contributed by atoms with E-state index in [0.717, 1.165) is 19.4 Å². The van der Waals surface area contributed by atoms with Crippen molar-refractivity contribution in [2.24, 2.45) is 0 Å². The molecule has 0 saturated heterocycles. The molecule has 0 radical (unpaired) electrons. The number of benzene rings is 3. The summed E-state index contributed by atoms with van der Waals surface area (Å²) in [5.74, 6) is -0.983. The van der Waals surface area contributed by atoms with E-state index in [1.807, 2.05) is 42.5 Å². The molecule has 0 aliphatic heterocycles. The quantitative estimate of drug-likeness (QED) is 0.232. The molecule has 4 aromatic rings. The monoisotopic (exact) mass is 600 g/mol. The predicted molar refractivity (Wildman–Crippen MR) is 136 cm³/mol. The van der Waals surface area contributed by atoms with Crippen LogP contribution in [0, 0.1) is 5.82 Å². The molecule has 8 heteroatoms. The molecule has 160 valence electrons. The minimum atomic E-state index is -0.796. The molecule has 0 atom stereocenters. The highest BCUT2D eigenvalue weighted by atomic mass is 79.9. The number of thioether (sulfide) groups is 1. The van der Waals surface area contributed by atoms with E-state index in [2.05, 4.69) is 44.0 Å². The van der Waals surface area contributed by atoms with Gasteiger partial charge in [-0.2, -0.15) is 0 Å². The Hall–Kier alpha value is -1.38. The lowest BCUT2D eigenvalue weighted by atomic mass is 10.1. The van der Waals surface area contributed by atoms with Gasteiger partial charge in [0.1, 0.15) is 5.82 Å². The number of carbonyl (C=O) groups is 1. The number of carboxylic acids is 1. The first-order valence-corrected chi connectivity index (χ1v) is 12.8. The van der Waals surface area contributed by atoms with Gasteiger partial charge < -0.3 is 5.11 Å². The average Bonchev–Trinajstić information content (AvgIpc) is 3.11. The lowest BCUT2D eigenvalue weighted by molar-refractivity contribution is -0.133. The second-order valence-electron chi connectivity index (χ2n) is 6.44. The fraction of sp³-hybridized carbons (Fsp3) is 0.0870. The third-order valence-corrected chi connectivity index (χ3v) is 8.37. The molecule has 31 heavy (non-hydrogen) atoms. The fourth-order valence-electron chi connectivity index (χ4n) is 2.78. The SMILES string of the molecule is Fc1cc(Cl)cc(Cc2cc3cccc(Br)c3s2)c1.O=C(O)CSc1ccccc1Br. The second-order valence-corrected chi connectivity index (χ2v) is 10.7. The first kappa shape index (κ1) is 24.3. The van der Waals surface area contributed by atoms with E-state index in [9.17, 15) is 9.18 Å². The molecule has 3 aromatic carbocycles. The summed E-state index contributed by atoms with van der Waals surface area (Å²) in [6.45, 7) is 0. The Bertz CT molecular complexity index is 1190. The molecule has 2 nitrogen and oxygen atoms in total. The number of halogens is 4. The van der Waals surface area contributed by atoms with Gasteiger partial charge in [-0.3, -0.25) is 4.79 Å². The lowest BCUT2D eigenvalue weighted by Gasteiger charge is -2.00. The highest BCUT2D eigenvalue weighted by Crippen LogP contribution is 2.33. The van der Waals surface area contributed by atoms with Crippen LogP contribution in [-0.2, 0) is 11.2 Å². The van der Waals surface area contributed by atoms with Crippen molar-refractivity contribution in [2.45, 2.75) is 11.3 Å². The van der Waals surface area contributed by atoms with Crippen LogP contribution in [0.4, 0.5) is 4.39 Å². The normalized spacial score (nSPS) is 10.6. The Kier molecular flexibility index (Phi) is 8.98. The van der Waals surface area contributed by atoms with Crippen molar-refractivity contribution in [2.75, 3.05) is 5.75 Å². The fourth-order valence-corrected chi connectivity index (χ4v) is 6.04. The molecule has 4 rings (SSSR count). The van der Waals surface area contributed by atoms with E-state index in [1.54, 1.807) is 11.3 Å². The third kappa shape index (κ3) is 7.32. The maximum atomic E-state index is 13.3. The van der Waals surface area contributed by atoms with Crippen LogP contribution in [0.2, 0.25) is 5.02 Å². The largest absolute Gasteiger partial charge is 0.481 e. The van der Waals surface area contributed by atoms with E-state index in [4.69, 9.17) is 16.7 Å². The summed E-state index contributed by atoms with van der Waals surface area (Å²) in [6, 6.07) is 20.5. The maximum absolute atomic E-state index is 13.3. The van der Waals surface area contributed by atoms with E-state index in [0.29, 0.717) is 11.4 Å². The van der Waals surface area contributed by atoms with Crippen LogP contribution in [0.3, 0.4) is 0 Å². The molecule has 0 unspecified atom stereocenters. The van der Waals surface area contributed by atoms with E-state index < -0.39 is 5.97 Å². The number of hydrogen-bond acceptors (Lipinski definition) is 3. The van der Waals surface area contributed by atoms with Crippen LogP contribution in [-0.4, -0.2) is 16.8 Å². The molecule has 1 N–H and O–H groups in total. The average molecular weight is 603 g/mol. The minimum absolute atomic E-state index is 0.0998. The molecule has 1 aromatic heterocycles. The highest BCUT2D eigenvalue weighted by Gasteiger charge is 2.07. The first-order valence-electron chi connectivity index (χ1n) is 9.03. The molecule has 0 fully saturated rings. The summed E-state index contributed by atoms with van der Waals surface area (Å²) in [4.78, 5) is 12.4. The smallest absolute Gasteiger partial charge is 0.313 e. The summed E-state index contributed by atoms with van der Waals surface area (Å²) in [7, 11) is 0. The molecule has 0 aliphatic rings. The number of fused-ring (bicyclic) bond motifs is 1. The van der Waals surface area contributed by atoms with Crippen molar-refractivity contribution in [3.8, 4) is 0 Å². The summed E-state index contributed by atoms with van der Waals surface area (Å²) in [6.07, 6.45) is 0.698. The molecule has 0 amide bonds. The Balaban J connectivity index is 0.000000196. The molecule has 1 heterocycles. The zero-order chi connectivity index (χ0) is 22.4. The third-order valence-electron chi connectivity index (χ3n) is 4.04. The Morgan fingerprint density at radius 1 is 1.03 bits per heavy atom. The summed E-state index contributed by atoms with van der Waals surface area (Å²) in [5.41, 5.74) is 0.896. The summed E-state index contributed by atoms with van der Waals surface area (Å²) < 4.78 is 16.6. The first-order chi connectivity index (χ1) is 14.8. The van der Waals surface area contributed by atoms with Crippen molar-refractivity contribution >= 4 is 82.6 Å². The van der Waals surface area contributed by atoms with Gasteiger partial charge >= 0.3 is 5.97 Å². The molecule has 0 aliphatic carbocycles. The summed E-state index contributed by atoms with van der Waals surface area (Å²) >= 11 is 15.8. The van der Waals surface area contributed by atoms with Crippen LogP contribution in [0.1, 0.15) is 10.4 Å². The van der Waals surface area contributed by atoms with Crippen LogP contribution in [0.5, 0.6) is 0 Å². The molecular formula is C23H16Br2ClFO2S2. The van der Waals surface area contributed by atoms with Crippen molar-refractivity contribution in [1.82, 2.24) is 0 Å². The van der Waals surface area contributed by atoms with Gasteiger partial charge in [0.25, 0.3) is 0 Å². The molecular weight excluding hydrogens is 587 g/mol. The van der Waals surface area contributed by atoms with E-state index in [-0.39, 0.29) is 11.6 Å². The van der Waals surface area contributed by atoms with Gasteiger partial charge in [-0.15, -0.1) is 23.1 Å². The van der Waals surface area contributed by atoms with Gasteiger partial charge in [0.2, 0.25) is 0 Å².